The van der Waals surface area contributed by atoms with Gasteiger partial charge < -0.3 is 14.2 Å². The topological polar surface area (TPSA) is 68.3 Å². The number of fused-ring (bicyclic) bond motifs is 2. The number of hydrogen-bond donors (Lipinski definition) is 1. The van der Waals surface area contributed by atoms with Gasteiger partial charge in [-0.25, -0.2) is 4.98 Å². The summed E-state index contributed by atoms with van der Waals surface area (Å²) in [4.78, 5) is 16.9. The van der Waals surface area contributed by atoms with E-state index in [1.807, 2.05) is 36.4 Å². The number of amides is 1. The van der Waals surface area contributed by atoms with Crippen molar-refractivity contribution in [3.05, 3.63) is 82.2 Å². The van der Waals surface area contributed by atoms with Crippen molar-refractivity contribution in [3.63, 3.8) is 0 Å². The minimum atomic E-state index is -0.345. The van der Waals surface area contributed by atoms with Crippen LogP contribution in [0.4, 0.5) is 5.69 Å². The minimum absolute atomic E-state index is 0.213. The maximum Gasteiger partial charge on any atom is 0.291 e. The molecule has 29 heavy (non-hydrogen) atoms. The lowest BCUT2D eigenvalue weighted by Crippen LogP contribution is -2.10. The molecule has 1 amide bonds. The third kappa shape index (κ3) is 3.30. The van der Waals surface area contributed by atoms with E-state index in [1.54, 1.807) is 30.3 Å². The number of furan rings is 1. The second-order valence-electron chi connectivity index (χ2n) is 6.40. The molecule has 5 nitrogen and oxygen atoms in total. The van der Waals surface area contributed by atoms with Crippen molar-refractivity contribution in [2.75, 3.05) is 5.32 Å². The van der Waals surface area contributed by atoms with Crippen molar-refractivity contribution in [1.29, 1.82) is 0 Å². The van der Waals surface area contributed by atoms with Gasteiger partial charge in [-0.3, -0.25) is 4.79 Å². The van der Waals surface area contributed by atoms with E-state index < -0.39 is 0 Å². The molecule has 0 unspecified atom stereocenters. The predicted octanol–water partition coefficient (Wildman–Crippen LogP) is 6.91. The van der Waals surface area contributed by atoms with Gasteiger partial charge in [-0.2, -0.15) is 0 Å². The molecule has 0 aliphatic rings. The van der Waals surface area contributed by atoms with Crippen LogP contribution in [0.3, 0.4) is 0 Å². The first-order chi connectivity index (χ1) is 14.1. The van der Waals surface area contributed by atoms with Crippen LogP contribution < -0.4 is 5.32 Å². The molecule has 5 aromatic rings. The number of carbonyl (C=O) groups is 1. The summed E-state index contributed by atoms with van der Waals surface area (Å²) in [6.07, 6.45) is 0. The smallest absolute Gasteiger partial charge is 0.291 e. The lowest BCUT2D eigenvalue weighted by atomic mass is 10.0. The van der Waals surface area contributed by atoms with Crippen LogP contribution in [-0.2, 0) is 0 Å². The highest BCUT2D eigenvalue weighted by Crippen LogP contribution is 2.34. The largest absolute Gasteiger partial charge is 0.444 e. The second kappa shape index (κ2) is 7.06. The van der Waals surface area contributed by atoms with Crippen LogP contribution in [0, 0.1) is 0 Å². The van der Waals surface area contributed by atoms with Crippen molar-refractivity contribution >= 4 is 61.0 Å². The lowest BCUT2D eigenvalue weighted by Gasteiger charge is -2.04. The maximum atomic E-state index is 12.3. The summed E-state index contributed by atoms with van der Waals surface area (Å²) in [5.41, 5.74) is 2.71. The normalized spacial score (nSPS) is 11.2. The van der Waals surface area contributed by atoms with Gasteiger partial charge in [0.25, 0.3) is 5.91 Å². The number of nitrogens with zero attached hydrogens (tertiary/aromatic N) is 1. The molecule has 0 fully saturated rings. The number of aromatic nitrogens is 1. The third-order valence-electron chi connectivity index (χ3n) is 4.54. The fraction of sp³-hybridized carbons (Fsp3) is 0. The number of halogens is 2. The minimum Gasteiger partial charge on any atom is -0.444 e. The van der Waals surface area contributed by atoms with Crippen molar-refractivity contribution < 1.29 is 13.6 Å². The standard InChI is InChI=1S/C22H12BrClN2O3/c23-20-10-9-19(28-20)21(27)25-12-7-8-18-17(11-12)26-22(29-18)15-5-1-4-14-13(15)3-2-6-16(14)24/h1-11H,(H,25,27). The van der Waals surface area contributed by atoms with E-state index in [-0.39, 0.29) is 11.7 Å². The summed E-state index contributed by atoms with van der Waals surface area (Å²) >= 11 is 9.50. The van der Waals surface area contributed by atoms with Gasteiger partial charge in [0.2, 0.25) is 5.89 Å². The number of benzene rings is 3. The summed E-state index contributed by atoms with van der Waals surface area (Å²) in [6, 6.07) is 20.1. The molecule has 0 atom stereocenters. The predicted molar refractivity (Wildman–Crippen MR) is 116 cm³/mol. The number of nitrogens with one attached hydrogen (secondary N) is 1. The van der Waals surface area contributed by atoms with Crippen LogP contribution in [0.15, 0.2) is 80.2 Å². The Balaban J connectivity index is 1.52. The number of anilines is 1. The summed E-state index contributed by atoms with van der Waals surface area (Å²) in [7, 11) is 0. The highest BCUT2D eigenvalue weighted by atomic mass is 79.9. The highest BCUT2D eigenvalue weighted by Gasteiger charge is 2.15. The fourth-order valence-electron chi connectivity index (χ4n) is 3.21. The van der Waals surface area contributed by atoms with E-state index >= 15 is 0 Å². The number of rotatable bonds is 3. The summed E-state index contributed by atoms with van der Waals surface area (Å²) < 4.78 is 11.7. The van der Waals surface area contributed by atoms with Gasteiger partial charge in [0, 0.05) is 21.7 Å². The molecule has 1 N–H and O–H groups in total. The zero-order valence-electron chi connectivity index (χ0n) is 14.8. The molecule has 0 bridgehead atoms. The molecule has 0 spiro atoms. The van der Waals surface area contributed by atoms with E-state index in [1.165, 1.54) is 0 Å². The molecule has 0 aliphatic carbocycles. The Morgan fingerprint density at radius 3 is 2.62 bits per heavy atom. The lowest BCUT2D eigenvalue weighted by molar-refractivity contribution is 0.0995. The summed E-state index contributed by atoms with van der Waals surface area (Å²) in [5, 5.41) is 5.37. The van der Waals surface area contributed by atoms with Gasteiger partial charge in [0.1, 0.15) is 5.52 Å². The van der Waals surface area contributed by atoms with E-state index in [2.05, 4.69) is 26.2 Å². The van der Waals surface area contributed by atoms with Crippen LogP contribution in [0.2, 0.25) is 5.02 Å². The van der Waals surface area contributed by atoms with Gasteiger partial charge in [-0.15, -0.1) is 0 Å². The molecular weight excluding hydrogens is 456 g/mol. The molecule has 142 valence electrons. The zero-order valence-corrected chi connectivity index (χ0v) is 17.1. The first kappa shape index (κ1) is 18.0. The Bertz CT molecular complexity index is 1390. The van der Waals surface area contributed by atoms with Gasteiger partial charge in [-0.1, -0.05) is 35.9 Å². The SMILES string of the molecule is O=C(Nc1ccc2oc(-c3cccc4c(Cl)cccc34)nc2c1)c1ccc(Br)o1. The molecule has 2 heterocycles. The van der Waals surface area contributed by atoms with Gasteiger partial charge in [0.15, 0.2) is 16.0 Å². The van der Waals surface area contributed by atoms with Crippen LogP contribution in [0.25, 0.3) is 33.3 Å². The average Bonchev–Trinajstić information content (AvgIpc) is 3.34. The summed E-state index contributed by atoms with van der Waals surface area (Å²) in [5.74, 6) is 0.360. The molecule has 2 aromatic heterocycles. The van der Waals surface area contributed by atoms with Gasteiger partial charge in [-0.05, 0) is 63.8 Å². The molecule has 5 rings (SSSR count). The quantitative estimate of drug-likeness (QED) is 0.313. The number of hydrogen-bond acceptors (Lipinski definition) is 4. The van der Waals surface area contributed by atoms with Gasteiger partial charge >= 0.3 is 0 Å². The monoisotopic (exact) mass is 466 g/mol. The Morgan fingerprint density at radius 1 is 0.966 bits per heavy atom. The molecule has 3 aromatic carbocycles. The molecule has 0 radical (unpaired) electrons. The molecular formula is C22H12BrClN2O3. The first-order valence-corrected chi connectivity index (χ1v) is 9.90. The fourth-order valence-corrected chi connectivity index (χ4v) is 3.75. The average molecular weight is 468 g/mol. The Kier molecular flexibility index (Phi) is 4.38. The maximum absolute atomic E-state index is 12.3. The first-order valence-electron chi connectivity index (χ1n) is 8.73. The van der Waals surface area contributed by atoms with E-state index in [9.17, 15) is 4.79 Å². The van der Waals surface area contributed by atoms with Crippen molar-refractivity contribution in [2.45, 2.75) is 0 Å². The Labute approximate surface area is 178 Å². The van der Waals surface area contributed by atoms with Gasteiger partial charge in [0.05, 0.1) is 0 Å². The highest BCUT2D eigenvalue weighted by molar-refractivity contribution is 9.10. The van der Waals surface area contributed by atoms with Crippen molar-refractivity contribution in [2.24, 2.45) is 0 Å². The zero-order chi connectivity index (χ0) is 20.0. The molecule has 0 aliphatic heterocycles. The molecule has 0 saturated carbocycles. The van der Waals surface area contributed by atoms with Crippen LogP contribution in [0.1, 0.15) is 10.6 Å². The number of carbonyl (C=O) groups excluding carboxylic acids is 1. The third-order valence-corrected chi connectivity index (χ3v) is 5.30. The van der Waals surface area contributed by atoms with Crippen LogP contribution in [-0.4, -0.2) is 10.9 Å². The second-order valence-corrected chi connectivity index (χ2v) is 7.59. The van der Waals surface area contributed by atoms with Crippen LogP contribution in [0.5, 0.6) is 0 Å². The Morgan fingerprint density at radius 2 is 1.79 bits per heavy atom. The van der Waals surface area contributed by atoms with E-state index in [0.717, 1.165) is 16.3 Å². The molecule has 0 saturated heterocycles. The molecule has 7 heteroatoms. The Hall–Kier alpha value is -3.09. The van der Waals surface area contributed by atoms with Crippen molar-refractivity contribution in [3.8, 4) is 11.5 Å². The summed E-state index contributed by atoms with van der Waals surface area (Å²) in [6.45, 7) is 0. The number of oxazole rings is 1. The van der Waals surface area contributed by atoms with E-state index in [0.29, 0.717) is 32.4 Å². The van der Waals surface area contributed by atoms with Crippen LogP contribution >= 0.6 is 27.5 Å². The van der Waals surface area contributed by atoms with Crippen molar-refractivity contribution in [1.82, 2.24) is 4.98 Å². The van der Waals surface area contributed by atoms with E-state index in [4.69, 9.17) is 20.4 Å².